The number of guanidine groups is 1. The largest absolute Gasteiger partial charge is 0.352 e. The van der Waals surface area contributed by atoms with E-state index >= 15 is 0 Å². The van der Waals surface area contributed by atoms with E-state index in [4.69, 9.17) is 16.1 Å². The molecule has 1 heterocycles. The minimum absolute atomic E-state index is 0.444. The molecule has 2 N–H and O–H groups in total. The number of aromatic nitrogens is 2. The smallest absolute Gasteiger partial charge is 0.223 e. The van der Waals surface area contributed by atoms with Gasteiger partial charge >= 0.3 is 0 Å². The molecule has 0 aliphatic rings. The molecule has 0 radical (unpaired) electrons. The average Bonchev–Trinajstić information content (AvgIpc) is 2.86. The van der Waals surface area contributed by atoms with Crippen LogP contribution in [0, 0.1) is 6.92 Å². The maximum atomic E-state index is 6.09. The Morgan fingerprint density at radius 2 is 2.05 bits per heavy atom. The third-order valence-corrected chi connectivity index (χ3v) is 2.98. The Morgan fingerprint density at radius 1 is 1.30 bits per heavy atom. The van der Waals surface area contributed by atoms with Crippen LogP contribution in [0.5, 0.6) is 0 Å². The third-order valence-electron chi connectivity index (χ3n) is 2.61. The van der Waals surface area contributed by atoms with Crippen LogP contribution in [0.15, 0.2) is 33.8 Å². The molecule has 0 fully saturated rings. The predicted octanol–water partition coefficient (Wildman–Crippen LogP) is 1.90. The highest BCUT2D eigenvalue weighted by Crippen LogP contribution is 2.14. The molecule has 0 saturated carbocycles. The molecule has 0 saturated heterocycles. The van der Waals surface area contributed by atoms with Gasteiger partial charge in [0.1, 0.15) is 0 Å². The monoisotopic (exact) mass is 293 g/mol. The van der Waals surface area contributed by atoms with Gasteiger partial charge in [-0.1, -0.05) is 35.0 Å². The molecule has 0 unspecified atom stereocenters. The van der Waals surface area contributed by atoms with Crippen LogP contribution in [-0.4, -0.2) is 23.1 Å². The molecule has 1 aromatic heterocycles. The quantitative estimate of drug-likeness (QED) is 0.665. The Hall–Kier alpha value is -2.08. The molecule has 7 heteroatoms. The predicted molar refractivity (Wildman–Crippen MR) is 77.5 cm³/mol. The Kier molecular flexibility index (Phi) is 4.95. The number of hydrogen-bond acceptors (Lipinski definition) is 4. The highest BCUT2D eigenvalue weighted by molar-refractivity contribution is 6.31. The van der Waals surface area contributed by atoms with Gasteiger partial charge in [-0.2, -0.15) is 4.98 Å². The minimum Gasteiger partial charge on any atom is -0.352 e. The lowest BCUT2D eigenvalue weighted by molar-refractivity contribution is 0.387. The zero-order valence-corrected chi connectivity index (χ0v) is 12.1. The highest BCUT2D eigenvalue weighted by atomic mass is 35.5. The summed E-state index contributed by atoms with van der Waals surface area (Å²) in [6.45, 7) is 2.78. The Labute approximate surface area is 122 Å². The summed E-state index contributed by atoms with van der Waals surface area (Å²) in [5.41, 5.74) is 1.01. The van der Waals surface area contributed by atoms with Gasteiger partial charge in [-0.05, 0) is 11.6 Å². The molecule has 0 aliphatic carbocycles. The number of aryl methyl sites for hydroxylation is 1. The van der Waals surface area contributed by atoms with Crippen LogP contribution in [0.2, 0.25) is 5.02 Å². The van der Waals surface area contributed by atoms with E-state index in [1.165, 1.54) is 0 Å². The van der Waals surface area contributed by atoms with Gasteiger partial charge in [-0.15, -0.1) is 0 Å². The second-order valence-electron chi connectivity index (χ2n) is 4.10. The molecule has 0 bridgehead atoms. The second-order valence-corrected chi connectivity index (χ2v) is 4.51. The van der Waals surface area contributed by atoms with Gasteiger partial charge < -0.3 is 15.2 Å². The van der Waals surface area contributed by atoms with E-state index in [2.05, 4.69) is 25.8 Å². The molecule has 0 aliphatic heterocycles. The molecular weight excluding hydrogens is 278 g/mol. The highest BCUT2D eigenvalue weighted by Gasteiger charge is 2.04. The number of nitrogens with zero attached hydrogens (tertiary/aromatic N) is 3. The zero-order chi connectivity index (χ0) is 14.4. The van der Waals surface area contributed by atoms with Crippen molar-refractivity contribution in [1.29, 1.82) is 0 Å². The summed E-state index contributed by atoms with van der Waals surface area (Å²) in [5.74, 6) is 1.77. The van der Waals surface area contributed by atoms with E-state index in [0.29, 0.717) is 30.8 Å². The van der Waals surface area contributed by atoms with Crippen LogP contribution in [0.3, 0.4) is 0 Å². The van der Waals surface area contributed by atoms with Crippen LogP contribution < -0.4 is 10.6 Å². The maximum Gasteiger partial charge on any atom is 0.223 e. The first-order chi connectivity index (χ1) is 9.69. The fraction of sp³-hybridized carbons (Fsp3) is 0.308. The van der Waals surface area contributed by atoms with Crippen molar-refractivity contribution in [2.24, 2.45) is 4.99 Å². The summed E-state index contributed by atoms with van der Waals surface area (Å²) in [4.78, 5) is 8.22. The van der Waals surface area contributed by atoms with Crippen molar-refractivity contribution >= 4 is 17.6 Å². The molecule has 20 heavy (non-hydrogen) atoms. The van der Waals surface area contributed by atoms with Crippen molar-refractivity contribution in [3.63, 3.8) is 0 Å². The number of hydrogen-bond donors (Lipinski definition) is 2. The molecular formula is C13H16ClN5O. The van der Waals surface area contributed by atoms with E-state index in [1.54, 1.807) is 14.0 Å². The zero-order valence-electron chi connectivity index (χ0n) is 11.4. The van der Waals surface area contributed by atoms with Crippen LogP contribution in [-0.2, 0) is 13.1 Å². The van der Waals surface area contributed by atoms with Crippen molar-refractivity contribution in [3.05, 3.63) is 46.6 Å². The number of aliphatic imine (C=N–C) groups is 1. The van der Waals surface area contributed by atoms with Crippen LogP contribution in [0.25, 0.3) is 0 Å². The van der Waals surface area contributed by atoms with Crippen molar-refractivity contribution in [2.45, 2.75) is 20.0 Å². The second kappa shape index (κ2) is 6.91. The fourth-order valence-corrected chi connectivity index (χ4v) is 1.82. The van der Waals surface area contributed by atoms with Crippen molar-refractivity contribution in [1.82, 2.24) is 20.8 Å². The van der Waals surface area contributed by atoms with Gasteiger partial charge in [-0.25, -0.2) is 0 Å². The van der Waals surface area contributed by atoms with Gasteiger partial charge in [0.2, 0.25) is 5.89 Å². The Bertz CT molecular complexity index is 596. The van der Waals surface area contributed by atoms with E-state index in [1.807, 2.05) is 24.3 Å². The summed E-state index contributed by atoms with van der Waals surface area (Å²) >= 11 is 6.09. The van der Waals surface area contributed by atoms with E-state index in [9.17, 15) is 0 Å². The number of benzene rings is 1. The first-order valence-electron chi connectivity index (χ1n) is 6.16. The number of halogens is 1. The number of nitrogens with one attached hydrogen (secondary N) is 2. The van der Waals surface area contributed by atoms with Crippen molar-refractivity contribution in [3.8, 4) is 0 Å². The van der Waals surface area contributed by atoms with Crippen LogP contribution in [0.1, 0.15) is 17.3 Å². The third kappa shape index (κ3) is 3.96. The first-order valence-corrected chi connectivity index (χ1v) is 6.54. The minimum atomic E-state index is 0.444. The molecule has 1 aromatic carbocycles. The summed E-state index contributed by atoms with van der Waals surface area (Å²) in [5, 5.41) is 10.8. The van der Waals surface area contributed by atoms with Crippen LogP contribution in [0.4, 0.5) is 0 Å². The van der Waals surface area contributed by atoms with Gasteiger partial charge in [0.15, 0.2) is 11.8 Å². The SMILES string of the molecule is CN=C(NCc1noc(C)n1)NCc1ccccc1Cl. The number of rotatable bonds is 4. The fourth-order valence-electron chi connectivity index (χ4n) is 1.62. The summed E-state index contributed by atoms with van der Waals surface area (Å²) < 4.78 is 4.90. The topological polar surface area (TPSA) is 75.3 Å². The maximum absolute atomic E-state index is 6.09. The molecule has 0 spiro atoms. The van der Waals surface area contributed by atoms with Gasteiger partial charge in [0.05, 0.1) is 6.54 Å². The molecule has 6 nitrogen and oxygen atoms in total. The summed E-state index contributed by atoms with van der Waals surface area (Å²) in [6, 6.07) is 7.67. The van der Waals surface area contributed by atoms with E-state index in [-0.39, 0.29) is 0 Å². The standard InChI is InChI=1S/C13H16ClN5O/c1-9-18-12(19-20-9)8-17-13(15-2)16-7-10-5-3-4-6-11(10)14/h3-6H,7-8H2,1-2H3,(H2,15,16,17). The van der Waals surface area contributed by atoms with Gasteiger partial charge in [0, 0.05) is 25.5 Å². The lowest BCUT2D eigenvalue weighted by Crippen LogP contribution is -2.36. The normalized spacial score (nSPS) is 11.4. The molecule has 2 aromatic rings. The van der Waals surface area contributed by atoms with Crippen LogP contribution >= 0.6 is 11.6 Å². The molecule has 106 valence electrons. The van der Waals surface area contributed by atoms with Crippen molar-refractivity contribution < 1.29 is 4.52 Å². The van der Waals surface area contributed by atoms with Gasteiger partial charge in [-0.3, -0.25) is 4.99 Å². The lowest BCUT2D eigenvalue weighted by atomic mass is 10.2. The van der Waals surface area contributed by atoms with E-state index in [0.717, 1.165) is 10.6 Å². The molecule has 2 rings (SSSR count). The lowest BCUT2D eigenvalue weighted by Gasteiger charge is -2.11. The van der Waals surface area contributed by atoms with Crippen molar-refractivity contribution in [2.75, 3.05) is 7.05 Å². The van der Waals surface area contributed by atoms with E-state index < -0.39 is 0 Å². The Balaban J connectivity index is 1.85. The molecule has 0 atom stereocenters. The van der Waals surface area contributed by atoms with Gasteiger partial charge in [0.25, 0.3) is 0 Å². The first kappa shape index (κ1) is 14.3. The Morgan fingerprint density at radius 3 is 2.70 bits per heavy atom. The average molecular weight is 294 g/mol. The summed E-state index contributed by atoms with van der Waals surface area (Å²) in [7, 11) is 1.70. The molecule has 0 amide bonds. The summed E-state index contributed by atoms with van der Waals surface area (Å²) in [6.07, 6.45) is 0.